The molecule has 0 aliphatic rings. The second-order valence-electron chi connectivity index (χ2n) is 2.99. The van der Waals surface area contributed by atoms with E-state index in [2.05, 4.69) is 0 Å². The van der Waals surface area contributed by atoms with Gasteiger partial charge in [-0.25, -0.2) is 0 Å². The topological polar surface area (TPSA) is 61.3 Å². The van der Waals surface area contributed by atoms with Gasteiger partial charge < -0.3 is 10.9 Å². The summed E-state index contributed by atoms with van der Waals surface area (Å²) in [7, 11) is 0. The van der Waals surface area contributed by atoms with Crippen molar-refractivity contribution in [2.24, 2.45) is 5.41 Å². The first-order chi connectivity index (χ1) is 5.10. The van der Waals surface area contributed by atoms with Gasteiger partial charge >= 0.3 is 5.97 Å². The zero-order valence-corrected chi connectivity index (χ0v) is 8.64. The fourth-order valence-electron chi connectivity index (χ4n) is 0.844. The van der Waals surface area contributed by atoms with E-state index in [-0.39, 0.29) is 17.5 Å². The van der Waals surface area contributed by atoms with Crippen LogP contribution in [-0.4, -0.2) is 12.6 Å². The summed E-state index contributed by atoms with van der Waals surface area (Å²) in [6.45, 7) is 8.30. The number of hydrogen-bond acceptors (Lipinski definition) is 3. The van der Waals surface area contributed by atoms with E-state index >= 15 is 0 Å². The summed E-state index contributed by atoms with van der Waals surface area (Å²) in [4.78, 5) is 11.3. The minimum absolute atomic E-state index is 0. The van der Waals surface area contributed by atoms with E-state index in [1.807, 2.05) is 27.7 Å². The minimum Gasteiger partial charge on any atom is -0.466 e. The molecule has 0 aliphatic carbocycles. The van der Waals surface area contributed by atoms with E-state index in [9.17, 15) is 4.79 Å². The van der Waals surface area contributed by atoms with Crippen LogP contribution < -0.4 is 6.15 Å². The molecule has 0 heterocycles. The quantitative estimate of drug-likeness (QED) is 0.668. The van der Waals surface area contributed by atoms with Crippen molar-refractivity contribution in [1.29, 1.82) is 0 Å². The van der Waals surface area contributed by atoms with E-state index < -0.39 is 0 Å². The summed E-state index contributed by atoms with van der Waals surface area (Å²) >= 11 is 0. The van der Waals surface area contributed by atoms with E-state index in [1.165, 1.54) is 0 Å². The van der Waals surface area contributed by atoms with Crippen LogP contribution in [0.4, 0.5) is 0 Å². The Balaban J connectivity index is 0. The van der Waals surface area contributed by atoms with Crippen molar-refractivity contribution in [1.82, 2.24) is 6.15 Å². The lowest BCUT2D eigenvalue weighted by Gasteiger charge is -2.23. The molecule has 0 spiro atoms. The normalized spacial score (nSPS) is 10.3. The van der Waals surface area contributed by atoms with Crippen molar-refractivity contribution in [3.8, 4) is 0 Å². The first-order valence-electron chi connectivity index (χ1n) is 4.28. The number of carbonyl (C=O) groups excluding carboxylic acids is 1. The van der Waals surface area contributed by atoms with Crippen LogP contribution in [0.15, 0.2) is 0 Å². The van der Waals surface area contributed by atoms with Crippen LogP contribution in [0, 0.1) is 5.41 Å². The average molecular weight is 175 g/mol. The number of rotatable bonds is 4. The lowest BCUT2D eigenvalue weighted by atomic mass is 9.85. The molecule has 0 aliphatic heterocycles. The molecule has 12 heavy (non-hydrogen) atoms. The highest BCUT2D eigenvalue weighted by Gasteiger charge is 2.30. The van der Waals surface area contributed by atoms with Crippen LogP contribution >= 0.6 is 0 Å². The lowest BCUT2D eigenvalue weighted by Crippen LogP contribution is -2.28. The molecule has 3 nitrogen and oxygen atoms in total. The summed E-state index contributed by atoms with van der Waals surface area (Å²) in [6, 6.07) is 0. The summed E-state index contributed by atoms with van der Waals surface area (Å²) < 4.78 is 4.95. The Hall–Kier alpha value is -0.570. The van der Waals surface area contributed by atoms with Gasteiger partial charge in [0.1, 0.15) is 0 Å². The van der Waals surface area contributed by atoms with Crippen molar-refractivity contribution < 1.29 is 9.53 Å². The molecule has 0 amide bonds. The Bertz CT molecular complexity index is 130. The molecule has 0 bridgehead atoms. The maximum Gasteiger partial charge on any atom is 0.311 e. The highest BCUT2D eigenvalue weighted by molar-refractivity contribution is 5.76. The molecule has 0 aromatic rings. The van der Waals surface area contributed by atoms with Gasteiger partial charge in [-0.1, -0.05) is 13.8 Å². The molecule has 0 atom stereocenters. The van der Waals surface area contributed by atoms with E-state index in [0.29, 0.717) is 6.61 Å². The first kappa shape index (κ1) is 14.0. The number of hydrogen-bond donors (Lipinski definition) is 1. The summed E-state index contributed by atoms with van der Waals surface area (Å²) in [5.74, 6) is -0.0648. The molecule has 0 aromatic carbocycles. The van der Waals surface area contributed by atoms with Crippen molar-refractivity contribution >= 4 is 5.97 Å². The van der Waals surface area contributed by atoms with Gasteiger partial charge in [0.2, 0.25) is 0 Å². The standard InChI is InChI=1S/C9H18O2.H3N/c1-5-9(4,6-2)8(10)11-7-3;/h5-7H2,1-4H3;1H3. The van der Waals surface area contributed by atoms with E-state index in [0.717, 1.165) is 12.8 Å². The van der Waals surface area contributed by atoms with Gasteiger partial charge in [-0.15, -0.1) is 0 Å². The largest absolute Gasteiger partial charge is 0.466 e. The smallest absolute Gasteiger partial charge is 0.311 e. The molecular weight excluding hydrogens is 154 g/mol. The summed E-state index contributed by atoms with van der Waals surface area (Å²) in [6.07, 6.45) is 1.70. The molecule has 0 saturated carbocycles. The van der Waals surface area contributed by atoms with Gasteiger partial charge in [0.25, 0.3) is 0 Å². The predicted octanol–water partition coefficient (Wildman–Crippen LogP) is 2.54. The molecule has 3 N–H and O–H groups in total. The van der Waals surface area contributed by atoms with Gasteiger partial charge in [-0.2, -0.15) is 0 Å². The first-order valence-corrected chi connectivity index (χ1v) is 4.28. The van der Waals surface area contributed by atoms with Crippen LogP contribution in [0.25, 0.3) is 0 Å². The molecule has 0 rings (SSSR count). The van der Waals surface area contributed by atoms with Crippen LogP contribution in [0.3, 0.4) is 0 Å². The minimum atomic E-state index is -0.268. The Morgan fingerprint density at radius 3 is 1.92 bits per heavy atom. The highest BCUT2D eigenvalue weighted by atomic mass is 16.5. The van der Waals surface area contributed by atoms with Gasteiger partial charge in [0.05, 0.1) is 12.0 Å². The van der Waals surface area contributed by atoms with Crippen LogP contribution in [0.2, 0.25) is 0 Å². The monoisotopic (exact) mass is 175 g/mol. The number of carbonyl (C=O) groups is 1. The lowest BCUT2D eigenvalue weighted by molar-refractivity contribution is -0.154. The average Bonchev–Trinajstić information content (AvgIpc) is 2.03. The Kier molecular flexibility index (Phi) is 6.99. The third-order valence-electron chi connectivity index (χ3n) is 2.33. The zero-order valence-electron chi connectivity index (χ0n) is 8.64. The van der Waals surface area contributed by atoms with Crippen molar-refractivity contribution in [2.75, 3.05) is 6.61 Å². The summed E-state index contributed by atoms with van der Waals surface area (Å²) in [5, 5.41) is 0. The molecule has 0 saturated heterocycles. The van der Waals surface area contributed by atoms with Crippen molar-refractivity contribution in [2.45, 2.75) is 40.5 Å². The maximum atomic E-state index is 11.3. The molecule has 0 radical (unpaired) electrons. The van der Waals surface area contributed by atoms with Crippen molar-refractivity contribution in [3.05, 3.63) is 0 Å². The Morgan fingerprint density at radius 2 is 1.67 bits per heavy atom. The van der Waals surface area contributed by atoms with Crippen LogP contribution in [0.1, 0.15) is 40.5 Å². The predicted molar refractivity (Wildman–Crippen MR) is 50.3 cm³/mol. The van der Waals surface area contributed by atoms with Gasteiger partial charge in [0, 0.05) is 0 Å². The molecule has 3 heteroatoms. The molecule has 0 aromatic heterocycles. The number of ether oxygens (including phenoxy) is 1. The second-order valence-corrected chi connectivity index (χ2v) is 2.99. The fourth-order valence-corrected chi connectivity index (χ4v) is 0.844. The molecule has 0 fully saturated rings. The van der Waals surface area contributed by atoms with Crippen LogP contribution in [0.5, 0.6) is 0 Å². The Labute approximate surface area is 75.1 Å². The van der Waals surface area contributed by atoms with Crippen LogP contribution in [-0.2, 0) is 9.53 Å². The van der Waals surface area contributed by atoms with Crippen molar-refractivity contribution in [3.63, 3.8) is 0 Å². The zero-order chi connectivity index (χ0) is 8.91. The van der Waals surface area contributed by atoms with E-state index in [4.69, 9.17) is 4.74 Å². The Morgan fingerprint density at radius 1 is 1.25 bits per heavy atom. The van der Waals surface area contributed by atoms with Gasteiger partial charge in [-0.05, 0) is 26.7 Å². The maximum absolute atomic E-state index is 11.3. The SMILES string of the molecule is CCOC(=O)C(C)(CC)CC.N. The summed E-state index contributed by atoms with van der Waals surface area (Å²) in [5.41, 5.74) is -0.268. The third kappa shape index (κ3) is 3.22. The molecule has 74 valence electrons. The second kappa shape index (κ2) is 6.00. The molecular formula is C9H21NO2. The van der Waals surface area contributed by atoms with E-state index in [1.54, 1.807) is 0 Å². The van der Waals surface area contributed by atoms with Gasteiger partial charge in [0.15, 0.2) is 0 Å². The third-order valence-corrected chi connectivity index (χ3v) is 2.33. The fraction of sp³-hybridized carbons (Fsp3) is 0.889. The number of esters is 1. The molecule has 0 unspecified atom stereocenters. The van der Waals surface area contributed by atoms with Gasteiger partial charge in [-0.3, -0.25) is 4.79 Å². The highest BCUT2D eigenvalue weighted by Crippen LogP contribution is 2.26.